The molecular weight excluding hydrogens is 387 g/mol. The van der Waals surface area contributed by atoms with Crippen LogP contribution in [0.2, 0.25) is 0 Å². The number of alkyl halides is 3. The Hall–Kier alpha value is -3.25. The zero-order valence-corrected chi connectivity index (χ0v) is 14.0. The van der Waals surface area contributed by atoms with E-state index in [2.05, 4.69) is 5.32 Å². The topological polar surface area (TPSA) is 139 Å². The molecule has 0 spiro atoms. The maximum absolute atomic E-state index is 12.8. The minimum absolute atomic E-state index is 0.159. The summed E-state index contributed by atoms with van der Waals surface area (Å²) in [5.74, 6) is 0. The van der Waals surface area contributed by atoms with Gasteiger partial charge in [-0.3, -0.25) is 20.2 Å². The predicted octanol–water partition coefficient (Wildman–Crippen LogP) is 3.03. The van der Waals surface area contributed by atoms with Gasteiger partial charge in [0.05, 0.1) is 28.1 Å². The Morgan fingerprint density at radius 3 is 2.11 bits per heavy atom. The van der Waals surface area contributed by atoms with Crippen molar-refractivity contribution in [1.29, 1.82) is 0 Å². The van der Waals surface area contributed by atoms with Crippen LogP contribution in [-0.4, -0.2) is 32.7 Å². The largest absolute Gasteiger partial charge is 0.416 e. The molecule has 12 heteroatoms. The van der Waals surface area contributed by atoms with Crippen LogP contribution in [0.4, 0.5) is 30.2 Å². The van der Waals surface area contributed by atoms with Gasteiger partial charge in [0.2, 0.25) is 0 Å². The van der Waals surface area contributed by atoms with Crippen LogP contribution in [-0.2, 0) is 6.18 Å². The van der Waals surface area contributed by atoms with E-state index in [1.165, 1.54) is 12.1 Å². The minimum Gasteiger partial charge on any atom is -0.394 e. The van der Waals surface area contributed by atoms with Crippen LogP contribution in [0.15, 0.2) is 42.5 Å². The Morgan fingerprint density at radius 2 is 1.64 bits per heavy atom. The molecule has 2 rings (SSSR count). The van der Waals surface area contributed by atoms with Crippen molar-refractivity contribution in [3.05, 3.63) is 73.8 Å². The Kier molecular flexibility index (Phi) is 6.16. The van der Waals surface area contributed by atoms with Crippen LogP contribution >= 0.6 is 0 Å². The second kappa shape index (κ2) is 8.19. The van der Waals surface area contributed by atoms with E-state index in [0.717, 1.165) is 18.2 Å². The summed E-state index contributed by atoms with van der Waals surface area (Å²) in [5.41, 5.74) is -2.52. The van der Waals surface area contributed by atoms with E-state index in [1.54, 1.807) is 0 Å². The zero-order chi connectivity index (χ0) is 21.1. The van der Waals surface area contributed by atoms with Gasteiger partial charge in [0.1, 0.15) is 11.8 Å². The number of rotatable bonds is 7. The quantitative estimate of drug-likeness (QED) is 0.479. The molecule has 0 aliphatic heterocycles. The minimum atomic E-state index is -4.78. The Balaban J connectivity index is 2.30. The maximum atomic E-state index is 12.8. The van der Waals surface area contributed by atoms with Crippen molar-refractivity contribution >= 4 is 17.1 Å². The van der Waals surface area contributed by atoms with E-state index in [4.69, 9.17) is 0 Å². The van der Waals surface area contributed by atoms with Crippen LogP contribution in [0.25, 0.3) is 0 Å². The molecule has 150 valence electrons. The molecule has 0 bridgehead atoms. The summed E-state index contributed by atoms with van der Waals surface area (Å²) >= 11 is 0. The molecule has 0 saturated carbocycles. The van der Waals surface area contributed by atoms with Crippen molar-refractivity contribution in [2.24, 2.45) is 0 Å². The smallest absolute Gasteiger partial charge is 0.394 e. The monoisotopic (exact) mass is 401 g/mol. The van der Waals surface area contributed by atoms with Crippen LogP contribution in [0.5, 0.6) is 0 Å². The average molecular weight is 401 g/mol. The lowest BCUT2D eigenvalue weighted by Gasteiger charge is -2.23. The van der Waals surface area contributed by atoms with Gasteiger partial charge >= 0.3 is 6.18 Å². The molecule has 0 saturated heterocycles. The van der Waals surface area contributed by atoms with Crippen molar-refractivity contribution in [2.45, 2.75) is 18.3 Å². The number of nitrogens with one attached hydrogen (secondary N) is 1. The lowest BCUT2D eigenvalue weighted by molar-refractivity contribution is -0.384. The van der Waals surface area contributed by atoms with E-state index in [1.807, 2.05) is 0 Å². The number of non-ortho nitro benzene ring substituents is 1. The van der Waals surface area contributed by atoms with Gasteiger partial charge in [0.15, 0.2) is 0 Å². The number of nitro groups is 2. The molecule has 9 nitrogen and oxygen atoms in total. The molecule has 28 heavy (non-hydrogen) atoms. The summed E-state index contributed by atoms with van der Waals surface area (Å²) in [6.45, 7) is -0.726. The van der Waals surface area contributed by atoms with Crippen molar-refractivity contribution in [2.75, 3.05) is 11.9 Å². The number of aliphatic hydroxyl groups excluding tert-OH is 2. The number of halogens is 3. The van der Waals surface area contributed by atoms with E-state index in [9.17, 15) is 43.6 Å². The average Bonchev–Trinajstić information content (AvgIpc) is 2.64. The van der Waals surface area contributed by atoms with Crippen molar-refractivity contribution in [1.82, 2.24) is 0 Å². The lowest BCUT2D eigenvalue weighted by Crippen LogP contribution is -2.31. The van der Waals surface area contributed by atoms with Crippen molar-refractivity contribution in [3.8, 4) is 0 Å². The van der Waals surface area contributed by atoms with Crippen LogP contribution in [0.3, 0.4) is 0 Å². The third-order valence-electron chi connectivity index (χ3n) is 3.89. The summed E-state index contributed by atoms with van der Waals surface area (Å²) in [5, 5.41) is 44.1. The maximum Gasteiger partial charge on any atom is 0.416 e. The SMILES string of the molecule is O=[N+]([O-])c1ccc([C@@H](O)[C@@H](CO)Nc2ccc(C(F)(F)F)cc2[N+](=O)[O-])cc1. The fraction of sp³-hybridized carbons (Fsp3) is 0.250. The van der Waals surface area contributed by atoms with Gasteiger partial charge in [-0.2, -0.15) is 13.2 Å². The second-order valence-corrected chi connectivity index (χ2v) is 5.71. The number of nitrogens with zero attached hydrogens (tertiary/aromatic N) is 2. The molecule has 2 aromatic carbocycles. The Labute approximate surface area is 155 Å². The summed E-state index contributed by atoms with van der Waals surface area (Å²) in [6, 6.07) is 5.27. The highest BCUT2D eigenvalue weighted by atomic mass is 19.4. The van der Waals surface area contributed by atoms with Crippen molar-refractivity contribution in [3.63, 3.8) is 0 Å². The summed E-state index contributed by atoms with van der Waals surface area (Å²) in [7, 11) is 0. The molecule has 0 aliphatic rings. The Bertz CT molecular complexity index is 873. The fourth-order valence-corrected chi connectivity index (χ4v) is 2.43. The molecule has 2 aromatic rings. The number of hydrogen-bond donors (Lipinski definition) is 3. The van der Waals surface area contributed by atoms with Gasteiger partial charge in [-0.25, -0.2) is 0 Å². The standard InChI is InChI=1S/C16H14F3N3O6/c17-16(18,19)10-3-6-12(14(7-10)22(27)28)20-13(8-23)15(24)9-1-4-11(5-2-9)21(25)26/h1-7,13,15,20,23-24H,8H2/t13-,15-/m1/s1. The fourth-order valence-electron chi connectivity index (χ4n) is 2.43. The van der Waals surface area contributed by atoms with Crippen LogP contribution in [0, 0.1) is 20.2 Å². The van der Waals surface area contributed by atoms with Gasteiger partial charge < -0.3 is 15.5 Å². The molecule has 0 fully saturated rings. The normalized spacial score (nSPS) is 13.6. The van der Waals surface area contributed by atoms with Gasteiger partial charge in [-0.05, 0) is 29.8 Å². The first-order chi connectivity index (χ1) is 13.0. The van der Waals surface area contributed by atoms with E-state index in [0.29, 0.717) is 12.1 Å². The van der Waals surface area contributed by atoms with Crippen LogP contribution in [0.1, 0.15) is 17.2 Å². The summed E-state index contributed by atoms with van der Waals surface area (Å²) in [6.07, 6.45) is -6.23. The second-order valence-electron chi connectivity index (χ2n) is 5.71. The number of aliphatic hydroxyl groups is 2. The molecule has 0 heterocycles. The van der Waals surface area contributed by atoms with Crippen molar-refractivity contribution < 1.29 is 33.2 Å². The first kappa shape index (κ1) is 21.1. The van der Waals surface area contributed by atoms with Gasteiger partial charge in [0, 0.05) is 18.2 Å². The number of hydrogen-bond acceptors (Lipinski definition) is 7. The molecule has 0 radical (unpaired) electrons. The Morgan fingerprint density at radius 1 is 1.04 bits per heavy atom. The van der Waals surface area contributed by atoms with Gasteiger partial charge in [0.25, 0.3) is 11.4 Å². The number of benzene rings is 2. The third kappa shape index (κ3) is 4.72. The predicted molar refractivity (Wildman–Crippen MR) is 90.7 cm³/mol. The summed E-state index contributed by atoms with van der Waals surface area (Å²) in [4.78, 5) is 20.1. The highest BCUT2D eigenvalue weighted by molar-refractivity contribution is 5.63. The molecule has 3 N–H and O–H groups in total. The lowest BCUT2D eigenvalue weighted by atomic mass is 10.0. The van der Waals surface area contributed by atoms with Gasteiger partial charge in [-0.15, -0.1) is 0 Å². The molecule has 0 aliphatic carbocycles. The summed E-state index contributed by atoms with van der Waals surface area (Å²) < 4.78 is 38.3. The molecule has 0 aromatic heterocycles. The third-order valence-corrected chi connectivity index (χ3v) is 3.89. The molecule has 0 amide bonds. The molecule has 2 atom stereocenters. The first-order valence-corrected chi connectivity index (χ1v) is 7.70. The number of anilines is 1. The number of nitro benzene ring substituents is 2. The first-order valence-electron chi connectivity index (χ1n) is 7.70. The zero-order valence-electron chi connectivity index (χ0n) is 14.0. The highest BCUT2D eigenvalue weighted by Gasteiger charge is 2.33. The van der Waals surface area contributed by atoms with Crippen LogP contribution < -0.4 is 5.32 Å². The molecule has 0 unspecified atom stereocenters. The van der Waals surface area contributed by atoms with E-state index in [-0.39, 0.29) is 16.9 Å². The van der Waals surface area contributed by atoms with E-state index < -0.39 is 46.0 Å². The van der Waals surface area contributed by atoms with Gasteiger partial charge in [-0.1, -0.05) is 0 Å². The molecular formula is C16H14F3N3O6. The highest BCUT2D eigenvalue weighted by Crippen LogP contribution is 2.36. The van der Waals surface area contributed by atoms with E-state index >= 15 is 0 Å².